The van der Waals surface area contributed by atoms with Crippen LogP contribution in [0.15, 0.2) is 46.9 Å². The Morgan fingerprint density at radius 1 is 1.19 bits per heavy atom. The zero-order chi connectivity index (χ0) is 18.9. The average Bonchev–Trinajstić information content (AvgIpc) is 2.64. The molecule has 2 N–H and O–H groups in total. The number of aliphatic hydroxyl groups is 1. The normalized spacial score (nSPS) is 10.6. The molecule has 0 saturated heterocycles. The maximum absolute atomic E-state index is 12.5. The predicted molar refractivity (Wildman–Crippen MR) is 108 cm³/mol. The number of hydrogen-bond donors (Lipinski definition) is 2. The molecule has 26 heavy (non-hydrogen) atoms. The topological polar surface area (TPSA) is 61.8 Å². The van der Waals surface area contributed by atoms with Gasteiger partial charge >= 0.3 is 6.03 Å². The average molecular weight is 421 g/mol. The number of benzene rings is 2. The van der Waals surface area contributed by atoms with E-state index in [-0.39, 0.29) is 19.2 Å². The van der Waals surface area contributed by atoms with E-state index in [9.17, 15) is 4.79 Å². The van der Waals surface area contributed by atoms with E-state index in [4.69, 9.17) is 9.84 Å². The number of hydrogen-bond acceptors (Lipinski definition) is 3. The highest BCUT2D eigenvalue weighted by Gasteiger charge is 2.17. The summed E-state index contributed by atoms with van der Waals surface area (Å²) < 4.78 is 6.77. The molecule has 2 amide bonds. The molecule has 0 spiro atoms. The largest absolute Gasteiger partial charge is 0.395 e. The van der Waals surface area contributed by atoms with Crippen molar-refractivity contribution in [1.82, 2.24) is 5.32 Å². The highest BCUT2D eigenvalue weighted by molar-refractivity contribution is 9.10. The summed E-state index contributed by atoms with van der Waals surface area (Å²) in [6, 6.07) is 13.6. The molecular formula is C20H25BrN2O3. The number of urea groups is 1. The van der Waals surface area contributed by atoms with E-state index in [1.807, 2.05) is 56.3 Å². The molecule has 0 aliphatic carbocycles. The van der Waals surface area contributed by atoms with Crippen molar-refractivity contribution < 1.29 is 14.6 Å². The van der Waals surface area contributed by atoms with Gasteiger partial charge in [-0.25, -0.2) is 4.79 Å². The van der Waals surface area contributed by atoms with Crippen LogP contribution in [0.25, 0.3) is 0 Å². The zero-order valence-corrected chi connectivity index (χ0v) is 16.8. The lowest BCUT2D eigenvalue weighted by atomic mass is 10.1. The van der Waals surface area contributed by atoms with Crippen LogP contribution in [-0.2, 0) is 11.3 Å². The van der Waals surface area contributed by atoms with E-state index in [2.05, 4.69) is 21.2 Å². The third kappa shape index (κ3) is 5.83. The second-order valence-corrected chi connectivity index (χ2v) is 6.83. The number of nitrogens with zero attached hydrogens (tertiary/aromatic N) is 1. The fraction of sp³-hybridized carbons (Fsp3) is 0.350. The van der Waals surface area contributed by atoms with E-state index in [1.54, 1.807) is 4.90 Å². The molecular weight excluding hydrogens is 396 g/mol. The molecule has 0 atom stereocenters. The fourth-order valence-corrected chi connectivity index (χ4v) is 2.83. The standard InChI is InChI=1S/C20H25BrN2O3/c1-15-12-18(13-16(2)19(15)21)23(20(25)22-8-10-24)9-11-26-14-17-6-4-3-5-7-17/h3-7,12-13,24H,8-11,14H2,1-2H3,(H,22,25). The van der Waals surface area contributed by atoms with Crippen molar-refractivity contribution in [2.24, 2.45) is 0 Å². The minimum atomic E-state index is -0.247. The SMILES string of the molecule is Cc1cc(N(CCOCc2ccccc2)C(=O)NCCO)cc(C)c1Br. The third-order valence-electron chi connectivity index (χ3n) is 3.94. The van der Waals surface area contributed by atoms with Crippen molar-refractivity contribution in [2.75, 3.05) is 31.2 Å². The Labute approximate surface area is 163 Å². The summed E-state index contributed by atoms with van der Waals surface area (Å²) in [6.45, 7) is 5.45. The van der Waals surface area contributed by atoms with Gasteiger partial charge in [0, 0.05) is 16.7 Å². The monoisotopic (exact) mass is 420 g/mol. The molecule has 0 aliphatic rings. The van der Waals surface area contributed by atoms with Crippen LogP contribution in [0.5, 0.6) is 0 Å². The van der Waals surface area contributed by atoms with Crippen LogP contribution in [0.1, 0.15) is 16.7 Å². The highest BCUT2D eigenvalue weighted by atomic mass is 79.9. The number of carbonyl (C=O) groups is 1. The van der Waals surface area contributed by atoms with E-state index in [1.165, 1.54) is 0 Å². The van der Waals surface area contributed by atoms with E-state index >= 15 is 0 Å². The Kier molecular flexibility index (Phi) is 8.09. The van der Waals surface area contributed by atoms with Crippen molar-refractivity contribution >= 4 is 27.6 Å². The first kappa shape index (κ1) is 20.4. The Morgan fingerprint density at radius 3 is 2.46 bits per heavy atom. The lowest BCUT2D eigenvalue weighted by molar-refractivity contribution is 0.127. The number of rotatable bonds is 8. The molecule has 2 aromatic carbocycles. The van der Waals surface area contributed by atoms with Crippen LogP contribution >= 0.6 is 15.9 Å². The van der Waals surface area contributed by atoms with Gasteiger partial charge in [0.25, 0.3) is 0 Å². The van der Waals surface area contributed by atoms with Crippen molar-refractivity contribution in [3.8, 4) is 0 Å². The number of anilines is 1. The highest BCUT2D eigenvalue weighted by Crippen LogP contribution is 2.27. The van der Waals surface area contributed by atoms with Gasteiger partial charge in [-0.15, -0.1) is 0 Å². The number of aliphatic hydroxyl groups excluding tert-OH is 1. The molecule has 0 saturated carbocycles. The van der Waals surface area contributed by atoms with Gasteiger partial charge in [0.05, 0.1) is 26.4 Å². The summed E-state index contributed by atoms with van der Waals surface area (Å²) in [5.41, 5.74) is 4.02. The van der Waals surface area contributed by atoms with Gasteiger partial charge in [0.1, 0.15) is 0 Å². The van der Waals surface area contributed by atoms with Crippen LogP contribution in [0.2, 0.25) is 0 Å². The molecule has 0 radical (unpaired) electrons. The number of aryl methyl sites for hydroxylation is 2. The molecule has 0 bridgehead atoms. The van der Waals surface area contributed by atoms with E-state index in [0.717, 1.165) is 26.9 Å². The second kappa shape index (κ2) is 10.3. The lowest BCUT2D eigenvalue weighted by Crippen LogP contribution is -2.43. The molecule has 2 aromatic rings. The summed E-state index contributed by atoms with van der Waals surface area (Å²) in [5, 5.41) is 11.7. The van der Waals surface area contributed by atoms with Crippen LogP contribution in [0, 0.1) is 13.8 Å². The zero-order valence-electron chi connectivity index (χ0n) is 15.2. The number of nitrogens with one attached hydrogen (secondary N) is 1. The maximum Gasteiger partial charge on any atom is 0.322 e. The van der Waals surface area contributed by atoms with E-state index < -0.39 is 0 Å². The number of halogens is 1. The van der Waals surface area contributed by atoms with Crippen LogP contribution in [0.4, 0.5) is 10.5 Å². The minimum Gasteiger partial charge on any atom is -0.395 e. The smallest absolute Gasteiger partial charge is 0.322 e. The first-order valence-electron chi connectivity index (χ1n) is 8.57. The van der Waals surface area contributed by atoms with Crippen molar-refractivity contribution in [1.29, 1.82) is 0 Å². The van der Waals surface area contributed by atoms with Crippen LogP contribution in [0.3, 0.4) is 0 Å². The molecule has 0 heterocycles. The molecule has 5 nitrogen and oxygen atoms in total. The Hall–Kier alpha value is -1.89. The first-order valence-corrected chi connectivity index (χ1v) is 9.37. The third-order valence-corrected chi connectivity index (χ3v) is 5.19. The summed E-state index contributed by atoms with van der Waals surface area (Å²) in [5.74, 6) is 0. The molecule has 0 aromatic heterocycles. The van der Waals surface area contributed by atoms with Gasteiger partial charge in [0.2, 0.25) is 0 Å². The summed E-state index contributed by atoms with van der Waals surface area (Å²) in [7, 11) is 0. The maximum atomic E-state index is 12.5. The molecule has 2 rings (SSSR count). The van der Waals surface area contributed by atoms with Crippen molar-refractivity contribution in [3.63, 3.8) is 0 Å². The summed E-state index contributed by atoms with van der Waals surface area (Å²) in [4.78, 5) is 14.2. The number of carbonyl (C=O) groups excluding carboxylic acids is 1. The lowest BCUT2D eigenvalue weighted by Gasteiger charge is -2.24. The van der Waals surface area contributed by atoms with Gasteiger partial charge in [-0.2, -0.15) is 0 Å². The summed E-state index contributed by atoms with van der Waals surface area (Å²) in [6.07, 6.45) is 0. The molecule has 140 valence electrons. The Morgan fingerprint density at radius 2 is 1.85 bits per heavy atom. The van der Waals surface area contributed by atoms with Crippen LogP contribution in [-0.4, -0.2) is 37.4 Å². The van der Waals surface area contributed by atoms with Crippen molar-refractivity contribution in [3.05, 3.63) is 63.6 Å². The second-order valence-electron chi connectivity index (χ2n) is 6.04. The van der Waals surface area contributed by atoms with Gasteiger partial charge in [-0.1, -0.05) is 46.3 Å². The number of amides is 2. The molecule has 0 fully saturated rings. The van der Waals surface area contributed by atoms with Gasteiger partial charge in [-0.05, 0) is 42.7 Å². The minimum absolute atomic E-state index is 0.0948. The Bertz CT molecular complexity index is 699. The van der Waals surface area contributed by atoms with Gasteiger partial charge < -0.3 is 15.2 Å². The predicted octanol–water partition coefficient (Wildman–Crippen LogP) is 3.79. The van der Waals surface area contributed by atoms with E-state index in [0.29, 0.717) is 19.8 Å². The molecule has 6 heteroatoms. The molecule has 0 unspecified atom stereocenters. The first-order chi connectivity index (χ1) is 12.5. The fourth-order valence-electron chi connectivity index (χ4n) is 2.61. The summed E-state index contributed by atoms with van der Waals surface area (Å²) >= 11 is 3.55. The molecule has 0 aliphatic heterocycles. The Balaban J connectivity index is 2.05. The van der Waals surface area contributed by atoms with Crippen molar-refractivity contribution in [2.45, 2.75) is 20.5 Å². The van der Waals surface area contributed by atoms with Crippen LogP contribution < -0.4 is 10.2 Å². The quantitative estimate of drug-likeness (QED) is 0.638. The van der Waals surface area contributed by atoms with Gasteiger partial charge in [0.15, 0.2) is 0 Å². The van der Waals surface area contributed by atoms with Gasteiger partial charge in [-0.3, -0.25) is 4.90 Å². The number of ether oxygens (including phenoxy) is 1.